The van der Waals surface area contributed by atoms with Gasteiger partial charge in [0.1, 0.15) is 11.6 Å². The largest absolute Gasteiger partial charge is 0.404 e. The van der Waals surface area contributed by atoms with Gasteiger partial charge < -0.3 is 15.3 Å². The van der Waals surface area contributed by atoms with Crippen LogP contribution >= 0.6 is 0 Å². The molecule has 0 heterocycles. The van der Waals surface area contributed by atoms with E-state index < -0.39 is 49.0 Å². The Morgan fingerprint density at radius 3 is 1.32 bits per heavy atom. The molecule has 0 aliphatic heterocycles. The molecular formula is C64H93F3N4O6S. The van der Waals surface area contributed by atoms with Gasteiger partial charge in [0.2, 0.25) is 21.4 Å². The second-order valence-corrected chi connectivity index (χ2v) is 33.8. The average molecular weight is 1100 g/mol. The summed E-state index contributed by atoms with van der Waals surface area (Å²) >= 11 is 0. The molecule has 0 unspecified atom stereocenters. The number of nitrogens with zero attached hydrogens (tertiary/aromatic N) is 2. The molecule has 16 atom stereocenters. The molecule has 0 amide bonds. The van der Waals surface area contributed by atoms with Crippen molar-refractivity contribution in [1.29, 1.82) is 0 Å². The Bertz CT molecular complexity index is 2840. The van der Waals surface area contributed by atoms with E-state index in [9.17, 15) is 40.8 Å². The third-order valence-electron chi connectivity index (χ3n) is 26.7. The van der Waals surface area contributed by atoms with E-state index in [0.717, 1.165) is 57.8 Å². The van der Waals surface area contributed by atoms with Crippen molar-refractivity contribution in [2.75, 3.05) is 18.8 Å². The minimum Gasteiger partial charge on any atom is -0.330 e. The van der Waals surface area contributed by atoms with Crippen molar-refractivity contribution in [3.8, 4) is 0 Å². The molecule has 432 valence electrons. The SMILES string of the molecule is [C-]#[N+]C1=C[C@]2(C)[C@H]3CC(=O)[C@@H]4[C@@H]5CC(C)(C)CC[C@]5(CN)CC[C@@]4(C)[C@]3(C)CC[C@H]2C(C)(C)C1=O.[C-]#[N+]C1=C[C@]2(C)[C@H]3CC(=O)[C@@H]4[C@@H]5CC(C)(C)CC[C@]5(CNS(=O)(=O)CC(F)(F)F)CC[C@@]4(C)[C@]3(C)CC[C@H]2C(C)(C)C1=O. The summed E-state index contributed by atoms with van der Waals surface area (Å²) in [5, 5.41) is 0. The summed E-state index contributed by atoms with van der Waals surface area (Å²) in [6.07, 6.45) is 12.8. The number of rotatable bonds is 5. The zero-order chi connectivity index (χ0) is 58.1. The number of carbonyl (C=O) groups is 4. The van der Waals surface area contributed by atoms with Gasteiger partial charge in [-0.1, -0.05) is 109 Å². The summed E-state index contributed by atoms with van der Waals surface area (Å²) < 4.78 is 66.4. The Morgan fingerprint density at radius 2 is 0.936 bits per heavy atom. The molecule has 8 saturated carbocycles. The van der Waals surface area contributed by atoms with Crippen LogP contribution in [0.1, 0.15) is 200 Å². The number of carbonyl (C=O) groups excluding carboxylic acids is 4. The number of allylic oxidation sites excluding steroid dienone is 4. The number of hydrogen-bond acceptors (Lipinski definition) is 7. The van der Waals surface area contributed by atoms with Gasteiger partial charge in [-0.2, -0.15) is 13.2 Å². The lowest BCUT2D eigenvalue weighted by Gasteiger charge is -2.72. The van der Waals surface area contributed by atoms with Crippen molar-refractivity contribution in [2.24, 2.45) is 118 Å². The first-order chi connectivity index (χ1) is 35.6. The van der Waals surface area contributed by atoms with Crippen molar-refractivity contribution in [2.45, 2.75) is 206 Å². The highest BCUT2D eigenvalue weighted by Gasteiger charge is 2.74. The van der Waals surface area contributed by atoms with Crippen molar-refractivity contribution >= 4 is 33.2 Å². The first-order valence-electron chi connectivity index (χ1n) is 29.7. The Kier molecular flexibility index (Phi) is 13.8. The van der Waals surface area contributed by atoms with E-state index in [0.29, 0.717) is 56.8 Å². The van der Waals surface area contributed by atoms with Crippen molar-refractivity contribution in [1.82, 2.24) is 4.72 Å². The van der Waals surface area contributed by atoms with Crippen LogP contribution in [0.2, 0.25) is 0 Å². The molecule has 0 aromatic heterocycles. The zero-order valence-corrected chi connectivity index (χ0v) is 50.5. The number of fused-ring (bicyclic) bond motifs is 14. The van der Waals surface area contributed by atoms with Crippen LogP contribution in [0.25, 0.3) is 9.69 Å². The van der Waals surface area contributed by atoms with Gasteiger partial charge in [0.05, 0.1) is 13.1 Å². The van der Waals surface area contributed by atoms with Crippen molar-refractivity contribution in [3.63, 3.8) is 0 Å². The molecule has 3 N–H and O–H groups in total. The van der Waals surface area contributed by atoms with Crippen LogP contribution in [-0.2, 0) is 29.2 Å². The summed E-state index contributed by atoms with van der Waals surface area (Å²) in [4.78, 5) is 62.7. The van der Waals surface area contributed by atoms with Crippen LogP contribution in [-0.4, -0.2) is 56.6 Å². The van der Waals surface area contributed by atoms with Crippen LogP contribution in [0, 0.1) is 125 Å². The number of sulfonamides is 1. The predicted molar refractivity (Wildman–Crippen MR) is 297 cm³/mol. The molecule has 0 radical (unpaired) electrons. The van der Waals surface area contributed by atoms with E-state index in [2.05, 4.69) is 83.6 Å². The van der Waals surface area contributed by atoms with E-state index in [4.69, 9.17) is 18.9 Å². The van der Waals surface area contributed by atoms with Crippen LogP contribution in [0.4, 0.5) is 13.2 Å². The fourth-order valence-corrected chi connectivity index (χ4v) is 23.0. The monoisotopic (exact) mass is 1100 g/mol. The molecule has 0 spiro atoms. The standard InChI is InChI=1S/C33H47F3N2O4S.C31H46N2O2/c1-27(2)11-13-32(18-38-43(41,42)19-33(34,35)36)14-12-31(7)25(20(32)16-27)22(39)15-24-29(5)17-21(37-8)26(40)28(3,4)23(29)9-10-30(24,31)6;1-26(2)11-13-31(18-32)14-12-30(7)24(19(31)16-26)21(34)15-23-28(5)17-20(33-8)25(35)27(3,4)22(28)9-10-29(23,30)6/h17,20,23-25,38H,9-16,18-19H2,1-7H3;17,19,22-24H,9-16,18,32H2,1-7H3/t20-,23-,24+,25-,29-,30+,31+,32+;19-,22-,23+,24-,28-,29+,30+,31+/m00/s1. The molecule has 0 saturated heterocycles. The van der Waals surface area contributed by atoms with Gasteiger partial charge in [0.15, 0.2) is 17.3 Å². The molecule has 0 aromatic carbocycles. The molecule has 10 aliphatic rings. The molecule has 10 nitrogen and oxygen atoms in total. The van der Waals surface area contributed by atoms with Gasteiger partial charge in [0, 0.05) is 42.1 Å². The third-order valence-corrected chi connectivity index (χ3v) is 27.9. The lowest BCUT2D eigenvalue weighted by atomic mass is 9.31. The van der Waals surface area contributed by atoms with Gasteiger partial charge in [-0.3, -0.25) is 9.59 Å². The molecule has 10 rings (SSSR count). The maximum atomic E-state index is 14.6. The van der Waals surface area contributed by atoms with E-state index in [1.807, 2.05) is 39.8 Å². The molecule has 0 aromatic rings. The molecular weight excluding hydrogens is 1010 g/mol. The number of nitrogens with one attached hydrogen (secondary N) is 1. The van der Waals surface area contributed by atoms with E-state index in [-0.39, 0.29) is 115 Å². The lowest BCUT2D eigenvalue weighted by Crippen LogP contribution is -2.69. The molecule has 78 heavy (non-hydrogen) atoms. The third kappa shape index (κ3) is 8.45. The van der Waals surface area contributed by atoms with Crippen LogP contribution < -0.4 is 10.5 Å². The van der Waals surface area contributed by atoms with E-state index in [1.54, 1.807) is 0 Å². The summed E-state index contributed by atoms with van der Waals surface area (Å²) in [7, 11) is -4.58. The number of halogens is 3. The first kappa shape index (κ1) is 59.4. The Balaban J connectivity index is 0.000000193. The highest BCUT2D eigenvalue weighted by atomic mass is 32.2. The second kappa shape index (κ2) is 18.1. The van der Waals surface area contributed by atoms with Gasteiger partial charge in [-0.25, -0.2) is 22.8 Å². The van der Waals surface area contributed by atoms with Crippen molar-refractivity contribution in [3.05, 3.63) is 46.4 Å². The van der Waals surface area contributed by atoms with Crippen LogP contribution in [0.5, 0.6) is 0 Å². The molecule has 8 fully saturated rings. The number of ketones is 4. The Morgan fingerprint density at radius 1 is 0.564 bits per heavy atom. The smallest absolute Gasteiger partial charge is 0.330 e. The summed E-state index contributed by atoms with van der Waals surface area (Å²) in [5.74, 6) is -1.26. The second-order valence-electron chi connectivity index (χ2n) is 31.9. The molecule has 14 heteroatoms. The topological polar surface area (TPSA) is 149 Å². The maximum absolute atomic E-state index is 14.6. The van der Waals surface area contributed by atoms with Gasteiger partial charge in [0.25, 0.3) is 0 Å². The van der Waals surface area contributed by atoms with Gasteiger partial charge >= 0.3 is 6.18 Å². The highest BCUT2D eigenvalue weighted by molar-refractivity contribution is 7.89. The Hall–Kier alpha value is -3.20. The maximum Gasteiger partial charge on any atom is 0.404 e. The minimum absolute atomic E-state index is 0.000714. The predicted octanol–water partition coefficient (Wildman–Crippen LogP) is 13.7. The van der Waals surface area contributed by atoms with Crippen molar-refractivity contribution < 1.29 is 40.8 Å². The summed E-state index contributed by atoms with van der Waals surface area (Å²) in [6.45, 7) is 47.0. The Labute approximate surface area is 465 Å². The lowest BCUT2D eigenvalue weighted by molar-refractivity contribution is -0.222. The summed E-state index contributed by atoms with van der Waals surface area (Å²) in [5.41, 5.74) is 3.78. The zero-order valence-electron chi connectivity index (χ0n) is 49.7. The fraction of sp³-hybridized carbons (Fsp3) is 0.844. The van der Waals surface area contributed by atoms with Gasteiger partial charge in [-0.15, -0.1) is 0 Å². The average Bonchev–Trinajstić information content (AvgIpc) is 3.52. The first-order valence-corrected chi connectivity index (χ1v) is 31.3. The van der Waals surface area contributed by atoms with E-state index in [1.165, 1.54) is 6.42 Å². The normalized spacial score (nSPS) is 46.6. The number of alkyl halides is 3. The van der Waals surface area contributed by atoms with Crippen LogP contribution in [0.3, 0.4) is 0 Å². The number of Topliss-reactive ketones (excluding diaryl/α,β-unsaturated/α-hetero) is 4. The number of nitrogens with two attached hydrogens (primary N) is 1. The molecule has 10 aliphatic carbocycles. The molecule has 0 bridgehead atoms. The highest BCUT2D eigenvalue weighted by Crippen LogP contribution is 2.78. The number of hydrogen-bond donors (Lipinski definition) is 2. The summed E-state index contributed by atoms with van der Waals surface area (Å²) in [6, 6.07) is 0. The van der Waals surface area contributed by atoms with Crippen LogP contribution in [0.15, 0.2) is 23.5 Å². The fourth-order valence-electron chi connectivity index (χ4n) is 22.0. The van der Waals surface area contributed by atoms with Gasteiger partial charge in [-0.05, 0) is 186 Å². The van der Waals surface area contributed by atoms with E-state index >= 15 is 0 Å². The minimum atomic E-state index is -4.83. The quantitative estimate of drug-likeness (QED) is 0.260.